The molecule has 1 aromatic carbocycles. The second-order valence-corrected chi connectivity index (χ2v) is 5.27. The molecule has 0 heterocycles. The second-order valence-electron chi connectivity index (χ2n) is 5.27. The van der Waals surface area contributed by atoms with Crippen LogP contribution in [0, 0.1) is 12.8 Å². The molecular weight excluding hydrogens is 210 g/mol. The number of hydrogen-bond acceptors (Lipinski definition) is 2. The van der Waals surface area contributed by atoms with Crippen LogP contribution in [0.5, 0.6) is 5.75 Å². The molecule has 1 saturated carbocycles. The molecular formula is C15H23NO. The van der Waals surface area contributed by atoms with Crippen molar-refractivity contribution in [2.45, 2.75) is 52.0 Å². The molecule has 1 fully saturated rings. The number of phenolic OH excluding ortho intramolecular Hbond substituents is 1. The van der Waals surface area contributed by atoms with Gasteiger partial charge in [0.15, 0.2) is 0 Å². The molecule has 0 unspecified atom stereocenters. The molecule has 2 rings (SSSR count). The quantitative estimate of drug-likeness (QED) is 0.824. The van der Waals surface area contributed by atoms with E-state index in [9.17, 15) is 5.11 Å². The van der Waals surface area contributed by atoms with E-state index in [1.807, 2.05) is 19.1 Å². The van der Waals surface area contributed by atoms with Crippen molar-refractivity contribution in [1.29, 1.82) is 0 Å². The number of rotatable bonds is 3. The molecule has 2 heteroatoms. The van der Waals surface area contributed by atoms with Crippen molar-refractivity contribution in [2.75, 3.05) is 5.32 Å². The van der Waals surface area contributed by atoms with Crippen molar-refractivity contribution in [3.8, 4) is 5.75 Å². The van der Waals surface area contributed by atoms with Gasteiger partial charge in [-0.25, -0.2) is 0 Å². The van der Waals surface area contributed by atoms with Crippen molar-refractivity contribution in [1.82, 2.24) is 0 Å². The van der Waals surface area contributed by atoms with Crippen LogP contribution < -0.4 is 5.32 Å². The van der Waals surface area contributed by atoms with E-state index in [-0.39, 0.29) is 0 Å². The van der Waals surface area contributed by atoms with Crippen LogP contribution in [0.3, 0.4) is 0 Å². The first-order valence-electron chi connectivity index (χ1n) is 6.75. The van der Waals surface area contributed by atoms with Crippen molar-refractivity contribution >= 4 is 5.69 Å². The molecule has 0 amide bonds. The topological polar surface area (TPSA) is 32.3 Å². The van der Waals surface area contributed by atoms with Gasteiger partial charge in [-0.3, -0.25) is 0 Å². The van der Waals surface area contributed by atoms with Gasteiger partial charge in [0.05, 0.1) is 0 Å². The van der Waals surface area contributed by atoms with Gasteiger partial charge in [-0.1, -0.05) is 19.4 Å². The summed E-state index contributed by atoms with van der Waals surface area (Å²) >= 11 is 0. The Morgan fingerprint density at radius 3 is 2.53 bits per heavy atom. The van der Waals surface area contributed by atoms with E-state index < -0.39 is 0 Å². The predicted molar refractivity (Wildman–Crippen MR) is 72.5 cm³/mol. The SMILES string of the molecule is CCC1CCC(Nc2ccc(C)c(O)c2)CC1. The van der Waals surface area contributed by atoms with Crippen LogP contribution in [-0.4, -0.2) is 11.1 Å². The van der Waals surface area contributed by atoms with Gasteiger partial charge in [0.2, 0.25) is 0 Å². The highest BCUT2D eigenvalue weighted by Crippen LogP contribution is 2.29. The van der Waals surface area contributed by atoms with Crippen LogP contribution in [0.4, 0.5) is 5.69 Å². The van der Waals surface area contributed by atoms with Crippen LogP contribution in [-0.2, 0) is 0 Å². The molecule has 2 N–H and O–H groups in total. The molecule has 1 aliphatic carbocycles. The van der Waals surface area contributed by atoms with E-state index in [4.69, 9.17) is 0 Å². The molecule has 0 aliphatic heterocycles. The number of aromatic hydroxyl groups is 1. The molecule has 0 bridgehead atoms. The zero-order valence-corrected chi connectivity index (χ0v) is 10.9. The molecule has 0 aromatic heterocycles. The van der Waals surface area contributed by atoms with E-state index in [0.29, 0.717) is 11.8 Å². The fourth-order valence-corrected chi connectivity index (χ4v) is 2.65. The number of benzene rings is 1. The number of aryl methyl sites for hydroxylation is 1. The van der Waals surface area contributed by atoms with Gasteiger partial charge < -0.3 is 10.4 Å². The molecule has 1 aromatic rings. The smallest absolute Gasteiger partial charge is 0.120 e. The zero-order chi connectivity index (χ0) is 12.3. The number of hydrogen-bond donors (Lipinski definition) is 2. The Morgan fingerprint density at radius 1 is 1.24 bits per heavy atom. The lowest BCUT2D eigenvalue weighted by Crippen LogP contribution is -2.25. The zero-order valence-electron chi connectivity index (χ0n) is 10.9. The third kappa shape index (κ3) is 3.15. The maximum Gasteiger partial charge on any atom is 0.120 e. The Labute approximate surface area is 104 Å². The lowest BCUT2D eigenvalue weighted by Gasteiger charge is -2.29. The Hall–Kier alpha value is -1.18. The highest BCUT2D eigenvalue weighted by Gasteiger charge is 2.19. The highest BCUT2D eigenvalue weighted by atomic mass is 16.3. The summed E-state index contributed by atoms with van der Waals surface area (Å²) in [6.45, 7) is 4.21. The molecule has 17 heavy (non-hydrogen) atoms. The van der Waals surface area contributed by atoms with Crippen molar-refractivity contribution in [3.63, 3.8) is 0 Å². The number of anilines is 1. The average molecular weight is 233 g/mol. The van der Waals surface area contributed by atoms with Gasteiger partial charge in [-0.15, -0.1) is 0 Å². The van der Waals surface area contributed by atoms with Gasteiger partial charge in [0.25, 0.3) is 0 Å². The van der Waals surface area contributed by atoms with Gasteiger partial charge in [0, 0.05) is 17.8 Å². The predicted octanol–water partition coefficient (Wildman–Crippen LogP) is 4.08. The van der Waals surface area contributed by atoms with E-state index >= 15 is 0 Å². The Balaban J connectivity index is 1.91. The average Bonchev–Trinajstić information content (AvgIpc) is 2.35. The molecule has 94 valence electrons. The second kappa shape index (κ2) is 5.44. The fourth-order valence-electron chi connectivity index (χ4n) is 2.65. The van der Waals surface area contributed by atoms with Crippen molar-refractivity contribution in [3.05, 3.63) is 23.8 Å². The van der Waals surface area contributed by atoms with Crippen LogP contribution in [0.15, 0.2) is 18.2 Å². The first-order valence-corrected chi connectivity index (χ1v) is 6.75. The van der Waals surface area contributed by atoms with E-state index in [1.165, 1.54) is 32.1 Å². The van der Waals surface area contributed by atoms with Gasteiger partial charge in [-0.05, 0) is 50.2 Å². The lowest BCUT2D eigenvalue weighted by molar-refractivity contribution is 0.330. The summed E-state index contributed by atoms with van der Waals surface area (Å²) in [6, 6.07) is 6.44. The standard InChI is InChI=1S/C15H23NO/c1-3-12-5-8-13(9-6-12)16-14-7-4-11(2)15(17)10-14/h4,7,10,12-13,16-17H,3,5-6,8-9H2,1-2H3. The Morgan fingerprint density at radius 2 is 1.94 bits per heavy atom. The third-order valence-corrected chi connectivity index (χ3v) is 4.00. The summed E-state index contributed by atoms with van der Waals surface area (Å²) in [5, 5.41) is 13.2. The minimum Gasteiger partial charge on any atom is -0.508 e. The van der Waals surface area contributed by atoms with Crippen LogP contribution in [0.2, 0.25) is 0 Å². The first-order chi connectivity index (χ1) is 8.19. The summed E-state index contributed by atoms with van der Waals surface area (Å²) in [6.07, 6.45) is 6.51. The van der Waals surface area contributed by atoms with Crippen molar-refractivity contribution in [2.24, 2.45) is 5.92 Å². The number of nitrogens with one attached hydrogen (secondary N) is 1. The van der Waals surface area contributed by atoms with Crippen LogP contribution in [0.25, 0.3) is 0 Å². The molecule has 0 radical (unpaired) electrons. The summed E-state index contributed by atoms with van der Waals surface area (Å²) in [5.41, 5.74) is 1.98. The van der Waals surface area contributed by atoms with E-state index in [1.54, 1.807) is 0 Å². The van der Waals surface area contributed by atoms with E-state index in [0.717, 1.165) is 17.2 Å². The molecule has 2 nitrogen and oxygen atoms in total. The minimum atomic E-state index is 0.386. The Kier molecular flexibility index (Phi) is 3.93. The van der Waals surface area contributed by atoms with Gasteiger partial charge >= 0.3 is 0 Å². The summed E-state index contributed by atoms with van der Waals surface area (Å²) in [5.74, 6) is 1.32. The van der Waals surface area contributed by atoms with Gasteiger partial charge in [0.1, 0.15) is 5.75 Å². The maximum absolute atomic E-state index is 9.67. The molecule has 0 spiro atoms. The van der Waals surface area contributed by atoms with Gasteiger partial charge in [-0.2, -0.15) is 0 Å². The highest BCUT2D eigenvalue weighted by molar-refractivity contribution is 5.51. The monoisotopic (exact) mass is 233 g/mol. The fraction of sp³-hybridized carbons (Fsp3) is 0.600. The third-order valence-electron chi connectivity index (χ3n) is 4.00. The molecule has 0 saturated heterocycles. The summed E-state index contributed by atoms with van der Waals surface area (Å²) in [7, 11) is 0. The lowest BCUT2D eigenvalue weighted by atomic mass is 9.84. The van der Waals surface area contributed by atoms with Crippen LogP contribution >= 0.6 is 0 Å². The largest absolute Gasteiger partial charge is 0.508 e. The summed E-state index contributed by atoms with van der Waals surface area (Å²) < 4.78 is 0. The molecule has 0 atom stereocenters. The normalized spacial score (nSPS) is 24.6. The Bertz CT molecular complexity index is 367. The number of phenols is 1. The summed E-state index contributed by atoms with van der Waals surface area (Å²) in [4.78, 5) is 0. The molecule has 1 aliphatic rings. The van der Waals surface area contributed by atoms with E-state index in [2.05, 4.69) is 18.3 Å². The van der Waals surface area contributed by atoms with Crippen molar-refractivity contribution < 1.29 is 5.11 Å². The van der Waals surface area contributed by atoms with Crippen LogP contribution in [0.1, 0.15) is 44.6 Å². The minimum absolute atomic E-state index is 0.386. The first kappa shape index (κ1) is 12.3. The maximum atomic E-state index is 9.67.